The summed E-state index contributed by atoms with van der Waals surface area (Å²) < 4.78 is 5.23. The van der Waals surface area contributed by atoms with Gasteiger partial charge in [-0.3, -0.25) is 0 Å². The molecule has 0 radical (unpaired) electrons. The molecule has 0 heterocycles. The number of hydrogen-bond acceptors (Lipinski definition) is 2. The minimum absolute atomic E-state index is 0.141. The van der Waals surface area contributed by atoms with E-state index in [1.54, 1.807) is 7.11 Å². The molecule has 1 atom stereocenters. The lowest BCUT2D eigenvalue weighted by Gasteiger charge is -2.25. The van der Waals surface area contributed by atoms with Gasteiger partial charge in [0.1, 0.15) is 5.75 Å². The van der Waals surface area contributed by atoms with Crippen LogP contribution in [-0.2, 0) is 0 Å². The van der Waals surface area contributed by atoms with Gasteiger partial charge < -0.3 is 15.4 Å². The van der Waals surface area contributed by atoms with Gasteiger partial charge in [-0.15, -0.1) is 0 Å². The second-order valence-electron chi connectivity index (χ2n) is 6.47. The smallest absolute Gasteiger partial charge is 0.171 e. The summed E-state index contributed by atoms with van der Waals surface area (Å²) >= 11 is 5.52. The molecule has 128 valence electrons. The molecule has 0 saturated carbocycles. The highest BCUT2D eigenvalue weighted by Crippen LogP contribution is 2.24. The Balaban J connectivity index is 2.10. The Kier molecular flexibility index (Phi) is 6.21. The third kappa shape index (κ3) is 4.96. The standard InChI is InChI=1S/C20H26N2OS/c1-13(2)19(16-6-8-18(23-5)9-7-16)22-20(24)21-17-11-14(3)10-15(4)12-17/h6-13,19H,1-5H3,(H2,21,22,24)/t19-/m0/s1. The fraction of sp³-hybridized carbons (Fsp3) is 0.350. The predicted molar refractivity (Wildman–Crippen MR) is 106 cm³/mol. The molecule has 3 nitrogen and oxygen atoms in total. The molecule has 0 bridgehead atoms. The van der Waals surface area contributed by atoms with Crippen LogP contribution in [-0.4, -0.2) is 12.2 Å². The van der Waals surface area contributed by atoms with Crippen molar-refractivity contribution in [3.05, 3.63) is 59.2 Å². The van der Waals surface area contributed by atoms with Crippen LogP contribution < -0.4 is 15.4 Å². The molecule has 0 aliphatic heterocycles. The van der Waals surface area contributed by atoms with Crippen molar-refractivity contribution in [1.82, 2.24) is 5.32 Å². The van der Waals surface area contributed by atoms with Crippen molar-refractivity contribution >= 4 is 23.0 Å². The maximum Gasteiger partial charge on any atom is 0.171 e. The third-order valence-electron chi connectivity index (χ3n) is 3.91. The average Bonchev–Trinajstić information content (AvgIpc) is 2.51. The van der Waals surface area contributed by atoms with E-state index in [1.165, 1.54) is 16.7 Å². The molecule has 2 rings (SSSR count). The van der Waals surface area contributed by atoms with Gasteiger partial charge in [-0.25, -0.2) is 0 Å². The van der Waals surface area contributed by atoms with Crippen LogP contribution in [0.25, 0.3) is 0 Å². The first-order valence-corrected chi connectivity index (χ1v) is 8.59. The molecule has 24 heavy (non-hydrogen) atoms. The fourth-order valence-corrected chi connectivity index (χ4v) is 3.05. The summed E-state index contributed by atoms with van der Waals surface area (Å²) in [4.78, 5) is 0. The average molecular weight is 343 g/mol. The number of anilines is 1. The Morgan fingerprint density at radius 1 is 1.00 bits per heavy atom. The van der Waals surface area contributed by atoms with Crippen LogP contribution in [0.15, 0.2) is 42.5 Å². The second-order valence-corrected chi connectivity index (χ2v) is 6.88. The van der Waals surface area contributed by atoms with E-state index in [2.05, 4.69) is 68.7 Å². The van der Waals surface area contributed by atoms with Crippen LogP contribution in [0.3, 0.4) is 0 Å². The minimum Gasteiger partial charge on any atom is -0.497 e. The van der Waals surface area contributed by atoms with Crippen LogP contribution in [0, 0.1) is 19.8 Å². The molecule has 0 aliphatic carbocycles. The van der Waals surface area contributed by atoms with Gasteiger partial charge in [-0.1, -0.05) is 32.0 Å². The Bertz CT molecular complexity index is 675. The number of aryl methyl sites for hydroxylation is 2. The first-order valence-electron chi connectivity index (χ1n) is 8.19. The van der Waals surface area contributed by atoms with E-state index in [1.807, 2.05) is 12.1 Å². The number of ether oxygens (including phenoxy) is 1. The Morgan fingerprint density at radius 3 is 2.08 bits per heavy atom. The largest absolute Gasteiger partial charge is 0.497 e. The Morgan fingerprint density at radius 2 is 1.58 bits per heavy atom. The first kappa shape index (κ1) is 18.3. The maximum atomic E-state index is 5.52. The van der Waals surface area contributed by atoms with Gasteiger partial charge in [0.2, 0.25) is 0 Å². The molecule has 2 aromatic rings. The zero-order chi connectivity index (χ0) is 17.7. The second kappa shape index (κ2) is 8.15. The van der Waals surface area contributed by atoms with E-state index < -0.39 is 0 Å². The van der Waals surface area contributed by atoms with E-state index in [-0.39, 0.29) is 6.04 Å². The van der Waals surface area contributed by atoms with E-state index in [4.69, 9.17) is 17.0 Å². The van der Waals surface area contributed by atoms with E-state index in [0.29, 0.717) is 11.0 Å². The number of thiocarbonyl (C=S) groups is 1. The molecule has 0 unspecified atom stereocenters. The number of methoxy groups -OCH3 is 1. The maximum absolute atomic E-state index is 5.52. The fourth-order valence-electron chi connectivity index (χ4n) is 2.80. The summed E-state index contributed by atoms with van der Waals surface area (Å²) in [6.45, 7) is 8.54. The highest BCUT2D eigenvalue weighted by atomic mass is 32.1. The van der Waals surface area contributed by atoms with Gasteiger partial charge in [0.15, 0.2) is 5.11 Å². The van der Waals surface area contributed by atoms with Crippen LogP contribution in [0.1, 0.15) is 36.6 Å². The quantitative estimate of drug-likeness (QED) is 0.750. The van der Waals surface area contributed by atoms with Crippen molar-refractivity contribution in [1.29, 1.82) is 0 Å². The van der Waals surface area contributed by atoms with Crippen LogP contribution in [0.5, 0.6) is 5.75 Å². The molecular weight excluding hydrogens is 316 g/mol. The molecule has 0 amide bonds. The monoisotopic (exact) mass is 342 g/mol. The SMILES string of the molecule is COc1ccc([C@@H](NC(=S)Nc2cc(C)cc(C)c2)C(C)C)cc1. The third-order valence-corrected chi connectivity index (χ3v) is 4.13. The highest BCUT2D eigenvalue weighted by molar-refractivity contribution is 7.80. The van der Waals surface area contributed by atoms with Gasteiger partial charge >= 0.3 is 0 Å². The van der Waals surface area contributed by atoms with Crippen molar-refractivity contribution in [2.75, 3.05) is 12.4 Å². The van der Waals surface area contributed by atoms with Crippen LogP contribution >= 0.6 is 12.2 Å². The van der Waals surface area contributed by atoms with Gasteiger partial charge in [0.05, 0.1) is 13.2 Å². The van der Waals surface area contributed by atoms with Crippen molar-refractivity contribution in [2.24, 2.45) is 5.92 Å². The highest BCUT2D eigenvalue weighted by Gasteiger charge is 2.17. The lowest BCUT2D eigenvalue weighted by molar-refractivity contribution is 0.413. The van der Waals surface area contributed by atoms with Gasteiger partial charge in [0.25, 0.3) is 0 Å². The Hall–Kier alpha value is -2.07. The molecule has 2 N–H and O–H groups in total. The lowest BCUT2D eigenvalue weighted by atomic mass is 9.96. The van der Waals surface area contributed by atoms with Crippen molar-refractivity contribution < 1.29 is 4.74 Å². The lowest BCUT2D eigenvalue weighted by Crippen LogP contribution is -2.35. The van der Waals surface area contributed by atoms with Crippen molar-refractivity contribution in [2.45, 2.75) is 33.7 Å². The van der Waals surface area contributed by atoms with Gasteiger partial charge in [-0.05, 0) is 72.9 Å². The van der Waals surface area contributed by atoms with E-state index in [0.717, 1.165) is 11.4 Å². The summed E-state index contributed by atoms with van der Waals surface area (Å²) in [7, 11) is 1.68. The summed E-state index contributed by atoms with van der Waals surface area (Å²) in [6, 6.07) is 14.6. The molecule has 4 heteroatoms. The van der Waals surface area contributed by atoms with E-state index in [9.17, 15) is 0 Å². The van der Waals surface area contributed by atoms with Crippen LogP contribution in [0.2, 0.25) is 0 Å². The van der Waals surface area contributed by atoms with Crippen molar-refractivity contribution in [3.63, 3.8) is 0 Å². The number of hydrogen-bond donors (Lipinski definition) is 2. The summed E-state index contributed by atoms with van der Waals surface area (Å²) in [5.41, 5.74) is 4.64. The summed E-state index contributed by atoms with van der Waals surface area (Å²) in [6.07, 6.45) is 0. The number of rotatable bonds is 5. The van der Waals surface area contributed by atoms with Gasteiger partial charge in [0, 0.05) is 5.69 Å². The molecule has 0 fully saturated rings. The normalized spacial score (nSPS) is 11.9. The van der Waals surface area contributed by atoms with Crippen molar-refractivity contribution in [3.8, 4) is 5.75 Å². The number of benzene rings is 2. The molecular formula is C20H26N2OS. The molecule has 0 aromatic heterocycles. The molecule has 0 saturated heterocycles. The summed E-state index contributed by atoms with van der Waals surface area (Å²) in [5.74, 6) is 1.26. The first-order chi connectivity index (χ1) is 11.4. The predicted octanol–water partition coefficient (Wildman–Crippen LogP) is 5.00. The minimum atomic E-state index is 0.141. The molecule has 0 aliphatic rings. The van der Waals surface area contributed by atoms with E-state index >= 15 is 0 Å². The zero-order valence-electron chi connectivity index (χ0n) is 15.0. The zero-order valence-corrected chi connectivity index (χ0v) is 15.8. The van der Waals surface area contributed by atoms with Crippen LogP contribution in [0.4, 0.5) is 5.69 Å². The van der Waals surface area contributed by atoms with Gasteiger partial charge in [-0.2, -0.15) is 0 Å². The topological polar surface area (TPSA) is 33.3 Å². The summed E-state index contributed by atoms with van der Waals surface area (Å²) in [5, 5.41) is 7.37. The number of nitrogens with one attached hydrogen (secondary N) is 2. The Labute approximate surface area is 150 Å². The molecule has 0 spiro atoms. The molecule has 2 aromatic carbocycles.